The first-order valence-electron chi connectivity index (χ1n) is 10.8. The highest BCUT2D eigenvalue weighted by molar-refractivity contribution is 6.00. The first-order chi connectivity index (χ1) is 16.3. The van der Waals surface area contributed by atoms with Crippen molar-refractivity contribution in [3.05, 3.63) is 82.4 Å². The molecule has 3 aromatic rings. The summed E-state index contributed by atoms with van der Waals surface area (Å²) >= 11 is 0. The number of nitrogens with one attached hydrogen (secondary N) is 3. The molecule has 6 N–H and O–H groups in total. The number of amides is 1. The van der Waals surface area contributed by atoms with Crippen LogP contribution in [0, 0.1) is 5.41 Å². The van der Waals surface area contributed by atoms with Crippen molar-refractivity contribution < 1.29 is 19.4 Å². The van der Waals surface area contributed by atoms with Crippen LogP contribution in [0.4, 0.5) is 5.69 Å². The average molecular weight is 459 g/mol. The predicted octanol–water partition coefficient (Wildman–Crippen LogP) is 3.46. The molecule has 0 saturated carbocycles. The van der Waals surface area contributed by atoms with Gasteiger partial charge in [-0.05, 0) is 77.2 Å². The van der Waals surface area contributed by atoms with E-state index in [-0.39, 0.29) is 23.2 Å². The molecule has 0 radical (unpaired) electrons. The molecule has 4 rings (SSSR count). The van der Waals surface area contributed by atoms with E-state index in [1.54, 1.807) is 31.3 Å². The summed E-state index contributed by atoms with van der Waals surface area (Å²) in [4.78, 5) is 24.4. The molecule has 8 heteroatoms. The van der Waals surface area contributed by atoms with Gasteiger partial charge in [0.2, 0.25) is 0 Å². The van der Waals surface area contributed by atoms with Crippen molar-refractivity contribution >= 4 is 23.4 Å². The van der Waals surface area contributed by atoms with Gasteiger partial charge < -0.3 is 26.2 Å². The van der Waals surface area contributed by atoms with Gasteiger partial charge in [-0.15, -0.1) is 0 Å². The van der Waals surface area contributed by atoms with Gasteiger partial charge in [-0.2, -0.15) is 0 Å². The number of rotatable bonds is 7. The van der Waals surface area contributed by atoms with E-state index in [1.165, 1.54) is 13.2 Å². The Balaban J connectivity index is 1.82. The molecule has 3 aromatic carbocycles. The first kappa shape index (κ1) is 22.8. The Hall–Kier alpha value is -4.33. The number of carboxylic acid groups (broad SMARTS) is 1. The van der Waals surface area contributed by atoms with Gasteiger partial charge in [-0.1, -0.05) is 6.07 Å². The number of ether oxygens (including phenoxy) is 1. The molecule has 1 unspecified atom stereocenters. The zero-order valence-electron chi connectivity index (χ0n) is 18.9. The van der Waals surface area contributed by atoms with Crippen LogP contribution in [0.1, 0.15) is 43.3 Å². The summed E-state index contributed by atoms with van der Waals surface area (Å²) in [6.45, 7) is 0.696. The van der Waals surface area contributed by atoms with Crippen LogP contribution in [0.15, 0.2) is 54.6 Å². The largest absolute Gasteiger partial charge is 0.497 e. The summed E-state index contributed by atoms with van der Waals surface area (Å²) in [5.41, 5.74) is 11.0. The number of aromatic carboxylic acids is 1. The highest BCUT2D eigenvalue weighted by Crippen LogP contribution is 2.38. The van der Waals surface area contributed by atoms with Crippen LogP contribution < -0.4 is 21.1 Å². The minimum Gasteiger partial charge on any atom is -0.497 e. The third-order valence-corrected chi connectivity index (χ3v) is 6.15. The van der Waals surface area contributed by atoms with Crippen LogP contribution >= 0.6 is 0 Å². The third-order valence-electron chi connectivity index (χ3n) is 6.15. The van der Waals surface area contributed by atoms with E-state index in [2.05, 4.69) is 10.6 Å². The lowest BCUT2D eigenvalue weighted by Gasteiger charge is -2.18. The molecule has 1 aliphatic rings. The fourth-order valence-electron chi connectivity index (χ4n) is 4.37. The Labute approximate surface area is 197 Å². The smallest absolute Gasteiger partial charge is 0.336 e. The highest BCUT2D eigenvalue weighted by atomic mass is 16.5. The third kappa shape index (κ3) is 4.30. The summed E-state index contributed by atoms with van der Waals surface area (Å²) in [5, 5.41) is 23.7. The van der Waals surface area contributed by atoms with Gasteiger partial charge in [-0.25, -0.2) is 4.79 Å². The van der Waals surface area contributed by atoms with Crippen LogP contribution in [0.5, 0.6) is 5.75 Å². The number of hydrogen-bond acceptors (Lipinski definition) is 5. The van der Waals surface area contributed by atoms with Crippen molar-refractivity contribution in [3.63, 3.8) is 0 Å². The Kier molecular flexibility index (Phi) is 6.23. The van der Waals surface area contributed by atoms with E-state index in [1.807, 2.05) is 24.3 Å². The molecule has 0 spiro atoms. The second-order valence-corrected chi connectivity index (χ2v) is 8.17. The number of nitrogens with two attached hydrogens (primary N) is 1. The van der Waals surface area contributed by atoms with Crippen molar-refractivity contribution in [1.29, 1.82) is 5.41 Å². The number of nitrogen functional groups attached to an aromatic ring is 1. The normalized spacial score (nSPS) is 14.1. The maximum absolute atomic E-state index is 12.3. The summed E-state index contributed by atoms with van der Waals surface area (Å²) in [6.07, 6.45) is 0.607. The standard InChI is InChI=1S/C26H26N4O4/c1-29-25(31)16-4-3-14(9-17-13-30-23-8-5-15(24(27)28)10-21(17)23)20(11-16)19-7-6-18(34-2)12-22(19)26(32)33/h3-8,10-12,17,30H,9,13H2,1-2H3,(H3,27,28)(H,29,31)(H,32,33). The molecule has 0 saturated heterocycles. The second-order valence-electron chi connectivity index (χ2n) is 8.17. The molecule has 174 valence electrons. The lowest BCUT2D eigenvalue weighted by Crippen LogP contribution is -2.18. The molecular weight excluding hydrogens is 432 g/mol. The molecule has 0 aliphatic carbocycles. The molecule has 0 fully saturated rings. The number of carboxylic acids is 1. The van der Waals surface area contributed by atoms with Crippen LogP contribution in [0.2, 0.25) is 0 Å². The van der Waals surface area contributed by atoms with Crippen LogP contribution in [-0.4, -0.2) is 43.5 Å². The minimum atomic E-state index is -1.08. The Morgan fingerprint density at radius 1 is 1.12 bits per heavy atom. The summed E-state index contributed by atoms with van der Waals surface area (Å²) < 4.78 is 5.22. The highest BCUT2D eigenvalue weighted by Gasteiger charge is 2.25. The molecule has 0 bridgehead atoms. The first-order valence-corrected chi connectivity index (χ1v) is 10.8. The van der Waals surface area contributed by atoms with Crippen molar-refractivity contribution in [1.82, 2.24) is 5.32 Å². The number of anilines is 1. The molecule has 0 aromatic heterocycles. The Bertz CT molecular complexity index is 1300. The fourth-order valence-corrected chi connectivity index (χ4v) is 4.37. The van der Waals surface area contributed by atoms with E-state index < -0.39 is 5.97 Å². The van der Waals surface area contributed by atoms with Crippen molar-refractivity contribution in [3.8, 4) is 16.9 Å². The number of carbonyl (C=O) groups excluding carboxylic acids is 1. The van der Waals surface area contributed by atoms with E-state index in [0.29, 0.717) is 41.0 Å². The predicted molar refractivity (Wildman–Crippen MR) is 131 cm³/mol. The lowest BCUT2D eigenvalue weighted by molar-refractivity contribution is 0.0697. The van der Waals surface area contributed by atoms with Gasteiger partial charge in [-0.3, -0.25) is 10.2 Å². The monoisotopic (exact) mass is 458 g/mol. The van der Waals surface area contributed by atoms with E-state index in [4.69, 9.17) is 15.9 Å². The van der Waals surface area contributed by atoms with Gasteiger partial charge in [0, 0.05) is 36.3 Å². The van der Waals surface area contributed by atoms with Crippen LogP contribution in [0.3, 0.4) is 0 Å². The van der Waals surface area contributed by atoms with E-state index in [0.717, 1.165) is 16.8 Å². The van der Waals surface area contributed by atoms with E-state index in [9.17, 15) is 14.7 Å². The molecule has 34 heavy (non-hydrogen) atoms. The topological polar surface area (TPSA) is 138 Å². The minimum absolute atomic E-state index is 0.00778. The van der Waals surface area contributed by atoms with Gasteiger partial charge in [0.1, 0.15) is 11.6 Å². The maximum atomic E-state index is 12.3. The number of fused-ring (bicyclic) bond motifs is 1. The molecule has 1 atom stereocenters. The molecule has 8 nitrogen and oxygen atoms in total. The molecule has 1 aliphatic heterocycles. The molecule has 1 amide bonds. The van der Waals surface area contributed by atoms with Gasteiger partial charge in [0.25, 0.3) is 5.91 Å². The zero-order chi connectivity index (χ0) is 24.4. The van der Waals surface area contributed by atoms with Gasteiger partial charge in [0.05, 0.1) is 12.7 Å². The summed E-state index contributed by atoms with van der Waals surface area (Å²) in [7, 11) is 3.04. The number of benzene rings is 3. The number of hydrogen-bond donors (Lipinski definition) is 5. The lowest BCUT2D eigenvalue weighted by atomic mass is 9.86. The molecular formula is C26H26N4O4. The molecule has 1 heterocycles. The van der Waals surface area contributed by atoms with Crippen molar-refractivity contribution in [2.45, 2.75) is 12.3 Å². The summed E-state index contributed by atoms with van der Waals surface area (Å²) in [5.74, 6) is -0.795. The average Bonchev–Trinajstić information content (AvgIpc) is 3.25. The Morgan fingerprint density at radius 2 is 1.88 bits per heavy atom. The van der Waals surface area contributed by atoms with Gasteiger partial charge >= 0.3 is 5.97 Å². The van der Waals surface area contributed by atoms with Crippen molar-refractivity contribution in [2.75, 3.05) is 26.0 Å². The zero-order valence-corrected chi connectivity index (χ0v) is 18.9. The maximum Gasteiger partial charge on any atom is 0.336 e. The van der Waals surface area contributed by atoms with E-state index >= 15 is 0 Å². The van der Waals surface area contributed by atoms with Crippen LogP contribution in [0.25, 0.3) is 11.1 Å². The fraction of sp³-hybridized carbons (Fsp3) is 0.192. The number of carbonyl (C=O) groups is 2. The van der Waals surface area contributed by atoms with Gasteiger partial charge in [0.15, 0.2) is 0 Å². The SMILES string of the molecule is CNC(=O)c1ccc(CC2CNc3ccc(C(=N)N)cc32)c(-c2ccc(OC)cc2C(=O)O)c1. The Morgan fingerprint density at radius 3 is 2.56 bits per heavy atom. The van der Waals surface area contributed by atoms with Crippen LogP contribution in [-0.2, 0) is 6.42 Å². The number of methoxy groups -OCH3 is 1. The second kappa shape index (κ2) is 9.27. The number of amidine groups is 1. The summed E-state index contributed by atoms with van der Waals surface area (Å²) in [6, 6.07) is 15.9. The quantitative estimate of drug-likeness (QED) is 0.272. The van der Waals surface area contributed by atoms with Crippen molar-refractivity contribution in [2.24, 2.45) is 5.73 Å².